The molecule has 0 aliphatic heterocycles. The fourth-order valence-corrected chi connectivity index (χ4v) is 1.88. The van der Waals surface area contributed by atoms with Crippen molar-refractivity contribution in [1.29, 1.82) is 0 Å². The topological polar surface area (TPSA) is 49.3 Å². The first-order chi connectivity index (χ1) is 9.56. The molecule has 0 amide bonds. The number of hydrogen-bond acceptors (Lipinski definition) is 3. The maximum Gasteiger partial charge on any atom is 0.187 e. The summed E-state index contributed by atoms with van der Waals surface area (Å²) in [5.41, 5.74) is 2.95. The molecule has 0 saturated carbocycles. The predicted molar refractivity (Wildman–Crippen MR) is 81.0 cm³/mol. The average Bonchev–Trinajstić information content (AvgIpc) is 2.43. The number of carbonyl (C=O) groups excluding carboxylic acids is 1. The molecular formula is C17H17NO2. The van der Waals surface area contributed by atoms with Gasteiger partial charge in [0.25, 0.3) is 0 Å². The molecule has 0 aliphatic carbocycles. The summed E-state index contributed by atoms with van der Waals surface area (Å²) in [4.78, 5) is 12.0. The molecule has 0 spiro atoms. The number of carbonyl (C=O) groups is 1. The minimum Gasteiger partial charge on any atom is -0.506 e. The van der Waals surface area contributed by atoms with Gasteiger partial charge in [-0.25, -0.2) is 0 Å². The van der Waals surface area contributed by atoms with Crippen LogP contribution in [0.3, 0.4) is 0 Å². The van der Waals surface area contributed by atoms with Gasteiger partial charge < -0.3 is 10.4 Å². The fourth-order valence-electron chi connectivity index (χ4n) is 1.88. The normalized spacial score (nSPS) is 11.2. The number of allylic oxidation sites excluding steroid dienone is 2. The Morgan fingerprint density at radius 1 is 1.15 bits per heavy atom. The highest BCUT2D eigenvalue weighted by Crippen LogP contribution is 2.25. The highest BCUT2D eigenvalue weighted by Gasteiger charge is 2.04. The first-order valence-electron chi connectivity index (χ1n) is 6.40. The molecule has 20 heavy (non-hydrogen) atoms. The molecule has 0 radical (unpaired) electrons. The monoisotopic (exact) mass is 267 g/mol. The van der Waals surface area contributed by atoms with Gasteiger partial charge in [0.15, 0.2) is 5.78 Å². The minimum atomic E-state index is -0.0669. The lowest BCUT2D eigenvalue weighted by Crippen LogP contribution is -2.01. The standard InChI is InChI=1S/C17H17NO2/c1-12-8-9-16(19)15(10-12)18-13(2)11-17(20)14-6-4-3-5-7-14/h3-11,18-19H,1-2H3/b13-11-. The number of nitrogens with one attached hydrogen (secondary N) is 1. The molecule has 0 bridgehead atoms. The summed E-state index contributed by atoms with van der Waals surface area (Å²) in [5, 5.41) is 12.8. The Labute approximate surface area is 118 Å². The lowest BCUT2D eigenvalue weighted by atomic mass is 10.1. The Hall–Kier alpha value is -2.55. The molecule has 2 aromatic carbocycles. The van der Waals surface area contributed by atoms with E-state index in [1.807, 2.05) is 37.3 Å². The fraction of sp³-hybridized carbons (Fsp3) is 0.118. The number of aromatic hydroxyl groups is 1. The van der Waals surface area contributed by atoms with E-state index in [9.17, 15) is 9.90 Å². The number of phenols is 1. The number of ketones is 1. The molecule has 102 valence electrons. The third-order valence-electron chi connectivity index (χ3n) is 2.89. The van der Waals surface area contributed by atoms with Gasteiger partial charge >= 0.3 is 0 Å². The molecule has 0 fully saturated rings. The van der Waals surface area contributed by atoms with Crippen LogP contribution in [0, 0.1) is 6.92 Å². The largest absolute Gasteiger partial charge is 0.506 e. The van der Waals surface area contributed by atoms with E-state index in [2.05, 4.69) is 5.32 Å². The molecule has 0 atom stereocenters. The van der Waals surface area contributed by atoms with Gasteiger partial charge in [-0.1, -0.05) is 36.4 Å². The quantitative estimate of drug-likeness (QED) is 0.502. The Kier molecular flexibility index (Phi) is 4.20. The van der Waals surface area contributed by atoms with Gasteiger partial charge in [-0.15, -0.1) is 0 Å². The van der Waals surface area contributed by atoms with Gasteiger partial charge in [0.05, 0.1) is 5.69 Å². The van der Waals surface area contributed by atoms with Crippen LogP contribution in [0.25, 0.3) is 0 Å². The van der Waals surface area contributed by atoms with Crippen LogP contribution in [-0.2, 0) is 0 Å². The van der Waals surface area contributed by atoms with Crippen molar-refractivity contribution in [2.24, 2.45) is 0 Å². The second-order valence-electron chi connectivity index (χ2n) is 4.70. The second kappa shape index (κ2) is 6.06. The minimum absolute atomic E-state index is 0.0669. The number of phenolic OH excluding ortho intramolecular Hbond substituents is 1. The van der Waals surface area contributed by atoms with Crippen LogP contribution in [0.15, 0.2) is 60.3 Å². The van der Waals surface area contributed by atoms with Crippen molar-refractivity contribution < 1.29 is 9.90 Å². The second-order valence-corrected chi connectivity index (χ2v) is 4.70. The lowest BCUT2D eigenvalue weighted by molar-refractivity contribution is 0.104. The lowest BCUT2D eigenvalue weighted by Gasteiger charge is -2.09. The number of hydrogen-bond donors (Lipinski definition) is 2. The third kappa shape index (κ3) is 3.48. The first kappa shape index (κ1) is 13.9. The van der Waals surface area contributed by atoms with Crippen molar-refractivity contribution in [2.45, 2.75) is 13.8 Å². The van der Waals surface area contributed by atoms with E-state index in [1.54, 1.807) is 25.1 Å². The zero-order chi connectivity index (χ0) is 14.5. The summed E-state index contributed by atoms with van der Waals surface area (Å²) < 4.78 is 0. The van der Waals surface area contributed by atoms with E-state index < -0.39 is 0 Å². The number of rotatable bonds is 4. The van der Waals surface area contributed by atoms with E-state index in [-0.39, 0.29) is 11.5 Å². The summed E-state index contributed by atoms with van der Waals surface area (Å²) in [7, 11) is 0. The molecule has 3 nitrogen and oxygen atoms in total. The van der Waals surface area contributed by atoms with E-state index in [4.69, 9.17) is 0 Å². The van der Waals surface area contributed by atoms with E-state index in [0.29, 0.717) is 16.9 Å². The predicted octanol–water partition coefficient (Wildman–Crippen LogP) is 3.90. The molecule has 2 aromatic rings. The van der Waals surface area contributed by atoms with E-state index in [1.165, 1.54) is 6.08 Å². The molecule has 2 rings (SSSR count). The maximum atomic E-state index is 12.0. The SMILES string of the molecule is C/C(=C/C(=O)c1ccccc1)Nc1cc(C)ccc1O. The van der Waals surface area contributed by atoms with Crippen LogP contribution in [0.2, 0.25) is 0 Å². The van der Waals surface area contributed by atoms with Crippen molar-refractivity contribution in [3.8, 4) is 5.75 Å². The number of benzene rings is 2. The van der Waals surface area contributed by atoms with E-state index >= 15 is 0 Å². The number of aryl methyl sites for hydroxylation is 1. The van der Waals surface area contributed by atoms with Crippen LogP contribution in [-0.4, -0.2) is 10.9 Å². The number of anilines is 1. The summed E-state index contributed by atoms with van der Waals surface area (Å²) in [6.07, 6.45) is 1.52. The van der Waals surface area contributed by atoms with Crippen LogP contribution in [0.5, 0.6) is 5.75 Å². The van der Waals surface area contributed by atoms with Crippen LogP contribution in [0.1, 0.15) is 22.8 Å². The van der Waals surface area contributed by atoms with E-state index in [0.717, 1.165) is 5.56 Å². The van der Waals surface area contributed by atoms with Crippen LogP contribution in [0.4, 0.5) is 5.69 Å². The molecule has 0 unspecified atom stereocenters. The van der Waals surface area contributed by atoms with Crippen LogP contribution < -0.4 is 5.32 Å². The van der Waals surface area contributed by atoms with Gasteiger partial charge in [0.1, 0.15) is 5.75 Å². The average molecular weight is 267 g/mol. The smallest absolute Gasteiger partial charge is 0.187 e. The first-order valence-corrected chi connectivity index (χ1v) is 6.40. The highest BCUT2D eigenvalue weighted by molar-refractivity contribution is 6.05. The van der Waals surface area contributed by atoms with Crippen molar-refractivity contribution in [2.75, 3.05) is 5.32 Å². The van der Waals surface area contributed by atoms with Gasteiger partial charge in [-0.2, -0.15) is 0 Å². The van der Waals surface area contributed by atoms with Gasteiger partial charge in [-0.05, 0) is 31.5 Å². The van der Waals surface area contributed by atoms with Crippen molar-refractivity contribution >= 4 is 11.5 Å². The Balaban J connectivity index is 2.15. The maximum absolute atomic E-state index is 12.0. The van der Waals surface area contributed by atoms with Gasteiger partial charge in [-0.3, -0.25) is 4.79 Å². The zero-order valence-corrected chi connectivity index (χ0v) is 11.6. The molecule has 0 saturated heterocycles. The summed E-state index contributed by atoms with van der Waals surface area (Å²) >= 11 is 0. The Bertz CT molecular complexity index is 645. The zero-order valence-electron chi connectivity index (χ0n) is 11.6. The Morgan fingerprint density at radius 2 is 1.85 bits per heavy atom. The molecule has 2 N–H and O–H groups in total. The molecule has 3 heteroatoms. The van der Waals surface area contributed by atoms with Crippen LogP contribution >= 0.6 is 0 Å². The summed E-state index contributed by atoms with van der Waals surface area (Å²) in [6.45, 7) is 3.74. The molecular weight excluding hydrogens is 250 g/mol. The third-order valence-corrected chi connectivity index (χ3v) is 2.89. The highest BCUT2D eigenvalue weighted by atomic mass is 16.3. The van der Waals surface area contributed by atoms with Crippen molar-refractivity contribution in [3.05, 3.63) is 71.4 Å². The summed E-state index contributed by atoms with van der Waals surface area (Å²) in [6, 6.07) is 14.4. The van der Waals surface area contributed by atoms with Crippen molar-refractivity contribution in [3.63, 3.8) is 0 Å². The van der Waals surface area contributed by atoms with Crippen molar-refractivity contribution in [1.82, 2.24) is 0 Å². The van der Waals surface area contributed by atoms with Gasteiger partial charge in [0, 0.05) is 17.3 Å². The van der Waals surface area contributed by atoms with Gasteiger partial charge in [0.2, 0.25) is 0 Å². The summed E-state index contributed by atoms with van der Waals surface area (Å²) in [5.74, 6) is 0.0956. The Morgan fingerprint density at radius 3 is 2.55 bits per heavy atom. The molecule has 0 aliphatic rings. The molecule has 0 heterocycles. The molecule has 0 aromatic heterocycles.